The Morgan fingerprint density at radius 1 is 1.17 bits per heavy atom. The molecule has 35 heavy (non-hydrogen) atoms. The molecular formula is C27H28N4O3S. The van der Waals surface area contributed by atoms with E-state index in [1.165, 1.54) is 11.8 Å². The summed E-state index contributed by atoms with van der Waals surface area (Å²) in [5.41, 5.74) is 5.24. The largest absolute Gasteiger partial charge is 0.493 e. The number of amides is 1. The topological polar surface area (TPSA) is 87.5 Å². The van der Waals surface area contributed by atoms with Crippen LogP contribution in [0.3, 0.4) is 0 Å². The van der Waals surface area contributed by atoms with Crippen molar-refractivity contribution in [2.75, 3.05) is 33.6 Å². The average Bonchev–Trinajstić information content (AvgIpc) is 2.90. The number of carbonyl (C=O) groups is 1. The van der Waals surface area contributed by atoms with Crippen molar-refractivity contribution in [3.05, 3.63) is 70.9 Å². The number of nitriles is 1. The number of ether oxygens (including phenoxy) is 2. The smallest absolute Gasteiger partial charge is 0.230 e. The molecule has 0 fully saturated rings. The minimum atomic E-state index is -0.102. The normalized spacial score (nSPS) is 13.0. The predicted octanol–water partition coefficient (Wildman–Crippen LogP) is 4.03. The average molecular weight is 489 g/mol. The van der Waals surface area contributed by atoms with Crippen LogP contribution in [0.15, 0.2) is 53.6 Å². The van der Waals surface area contributed by atoms with Crippen molar-refractivity contribution in [2.45, 2.75) is 24.5 Å². The molecular weight excluding hydrogens is 460 g/mol. The number of nitrogens with zero attached hydrogens (tertiary/aromatic N) is 3. The number of fused-ring (bicyclic) bond motifs is 1. The zero-order chi connectivity index (χ0) is 24.8. The second-order valence-electron chi connectivity index (χ2n) is 8.31. The Labute approximate surface area is 210 Å². The summed E-state index contributed by atoms with van der Waals surface area (Å²) in [6, 6.07) is 17.8. The first kappa shape index (κ1) is 24.6. The van der Waals surface area contributed by atoms with Crippen molar-refractivity contribution in [2.24, 2.45) is 0 Å². The van der Waals surface area contributed by atoms with Gasteiger partial charge in [0.15, 0.2) is 11.5 Å². The van der Waals surface area contributed by atoms with Gasteiger partial charge in [0.05, 0.1) is 25.5 Å². The highest BCUT2D eigenvalue weighted by atomic mass is 32.2. The third-order valence-electron chi connectivity index (χ3n) is 5.97. The first-order valence-corrected chi connectivity index (χ1v) is 12.3. The zero-order valence-corrected chi connectivity index (χ0v) is 20.9. The lowest BCUT2D eigenvalue weighted by Gasteiger charge is -2.28. The van der Waals surface area contributed by atoms with Crippen LogP contribution in [0, 0.1) is 11.3 Å². The summed E-state index contributed by atoms with van der Waals surface area (Å²) in [6.07, 6.45) is 0.783. The maximum Gasteiger partial charge on any atom is 0.230 e. The molecule has 1 aliphatic heterocycles. The molecule has 8 heteroatoms. The number of hydrogen-bond donors (Lipinski definition) is 1. The minimum Gasteiger partial charge on any atom is -0.493 e. The lowest BCUT2D eigenvalue weighted by atomic mass is 9.91. The number of likely N-dealkylation sites (N-methyl/N-ethyl adjacent to an activating group) is 1. The number of pyridine rings is 1. The predicted molar refractivity (Wildman–Crippen MR) is 137 cm³/mol. The fourth-order valence-corrected chi connectivity index (χ4v) is 5.01. The highest BCUT2D eigenvalue weighted by molar-refractivity contribution is 8.00. The molecule has 1 aromatic heterocycles. The van der Waals surface area contributed by atoms with Crippen molar-refractivity contribution in [1.82, 2.24) is 15.2 Å². The minimum absolute atomic E-state index is 0.102. The van der Waals surface area contributed by atoms with E-state index in [1.807, 2.05) is 48.5 Å². The molecule has 0 radical (unpaired) electrons. The van der Waals surface area contributed by atoms with Crippen LogP contribution < -0.4 is 14.8 Å². The highest BCUT2D eigenvalue weighted by Crippen LogP contribution is 2.40. The first-order chi connectivity index (χ1) is 17.0. The number of aromatic nitrogens is 1. The molecule has 0 atom stereocenters. The molecule has 1 N–H and O–H groups in total. The number of nitrogens with one attached hydrogen (secondary N) is 1. The lowest BCUT2D eigenvalue weighted by Crippen LogP contribution is -2.28. The maximum absolute atomic E-state index is 12.6. The van der Waals surface area contributed by atoms with E-state index in [0.717, 1.165) is 40.9 Å². The van der Waals surface area contributed by atoms with E-state index < -0.39 is 0 Å². The van der Waals surface area contributed by atoms with Crippen LogP contribution in [0.1, 0.15) is 22.4 Å². The summed E-state index contributed by atoms with van der Waals surface area (Å²) >= 11 is 1.30. The third kappa shape index (κ3) is 5.59. The van der Waals surface area contributed by atoms with Gasteiger partial charge in [-0.25, -0.2) is 4.98 Å². The van der Waals surface area contributed by atoms with Gasteiger partial charge in [-0.1, -0.05) is 48.2 Å². The summed E-state index contributed by atoms with van der Waals surface area (Å²) in [7, 11) is 5.25. The van der Waals surface area contributed by atoms with Crippen LogP contribution in [-0.4, -0.2) is 49.4 Å². The van der Waals surface area contributed by atoms with Gasteiger partial charge in [-0.05, 0) is 35.9 Å². The van der Waals surface area contributed by atoms with E-state index in [4.69, 9.17) is 14.5 Å². The summed E-state index contributed by atoms with van der Waals surface area (Å²) in [5.74, 6) is 1.30. The van der Waals surface area contributed by atoms with Gasteiger partial charge in [-0.2, -0.15) is 5.26 Å². The van der Waals surface area contributed by atoms with E-state index in [9.17, 15) is 10.1 Å². The third-order valence-corrected chi connectivity index (χ3v) is 6.94. The first-order valence-electron chi connectivity index (χ1n) is 11.3. The zero-order valence-electron chi connectivity index (χ0n) is 20.1. The molecule has 0 bridgehead atoms. The molecule has 2 heterocycles. The van der Waals surface area contributed by atoms with Crippen molar-refractivity contribution in [1.29, 1.82) is 5.26 Å². The number of thioether (sulfide) groups is 1. The van der Waals surface area contributed by atoms with Gasteiger partial charge >= 0.3 is 0 Å². The standard InChI is InChI=1S/C27H28N4O3S/c1-31-12-11-22-21(16-31)26(19-9-10-23(33-2)24(13-19)34-3)20(14-28)27(30-22)35-17-25(32)29-15-18-7-5-4-6-8-18/h4-10,13H,11-12,15-17H2,1-3H3,(H,29,32). The molecule has 0 saturated heterocycles. The Morgan fingerprint density at radius 3 is 2.66 bits per heavy atom. The summed E-state index contributed by atoms with van der Waals surface area (Å²) < 4.78 is 10.9. The fraction of sp³-hybridized carbons (Fsp3) is 0.296. The molecule has 1 aliphatic rings. The Hall–Kier alpha value is -3.54. The quantitative estimate of drug-likeness (QED) is 0.479. The molecule has 0 aliphatic carbocycles. The van der Waals surface area contributed by atoms with Crippen LogP contribution in [-0.2, 0) is 24.3 Å². The highest BCUT2D eigenvalue weighted by Gasteiger charge is 2.26. The Morgan fingerprint density at radius 2 is 1.94 bits per heavy atom. The van der Waals surface area contributed by atoms with Crippen LogP contribution in [0.25, 0.3) is 11.1 Å². The molecule has 2 aromatic carbocycles. The summed E-state index contributed by atoms with van der Waals surface area (Å²) in [6.45, 7) is 2.05. The van der Waals surface area contributed by atoms with Crippen LogP contribution >= 0.6 is 11.8 Å². The number of rotatable bonds is 8. The van der Waals surface area contributed by atoms with E-state index in [2.05, 4.69) is 23.3 Å². The van der Waals surface area contributed by atoms with E-state index in [1.54, 1.807) is 14.2 Å². The molecule has 3 aromatic rings. The second kappa shape index (κ2) is 11.3. The molecule has 0 spiro atoms. The summed E-state index contributed by atoms with van der Waals surface area (Å²) in [5, 5.41) is 13.7. The van der Waals surface area contributed by atoms with Gasteiger partial charge in [0, 0.05) is 37.3 Å². The van der Waals surface area contributed by atoms with Gasteiger partial charge in [0.1, 0.15) is 11.1 Å². The van der Waals surface area contributed by atoms with Gasteiger partial charge in [0.25, 0.3) is 0 Å². The summed E-state index contributed by atoms with van der Waals surface area (Å²) in [4.78, 5) is 19.6. The Balaban J connectivity index is 1.66. The monoisotopic (exact) mass is 488 g/mol. The number of hydrogen-bond acceptors (Lipinski definition) is 7. The molecule has 7 nitrogen and oxygen atoms in total. The van der Waals surface area contributed by atoms with Crippen molar-refractivity contribution < 1.29 is 14.3 Å². The number of benzene rings is 2. The number of methoxy groups -OCH3 is 2. The van der Waals surface area contributed by atoms with Crippen molar-refractivity contribution in [3.63, 3.8) is 0 Å². The van der Waals surface area contributed by atoms with E-state index in [0.29, 0.717) is 35.2 Å². The molecule has 0 unspecified atom stereocenters. The van der Waals surface area contributed by atoms with Crippen LogP contribution in [0.2, 0.25) is 0 Å². The molecule has 4 rings (SSSR count). The van der Waals surface area contributed by atoms with Gasteiger partial charge in [-0.15, -0.1) is 0 Å². The molecule has 180 valence electrons. The number of carbonyl (C=O) groups excluding carboxylic acids is 1. The Kier molecular flexibility index (Phi) is 7.91. The van der Waals surface area contributed by atoms with Crippen molar-refractivity contribution >= 4 is 17.7 Å². The van der Waals surface area contributed by atoms with Gasteiger partial charge in [-0.3, -0.25) is 4.79 Å². The lowest BCUT2D eigenvalue weighted by molar-refractivity contribution is -0.118. The molecule has 0 saturated carbocycles. The maximum atomic E-state index is 12.6. The SMILES string of the molecule is COc1ccc(-c2c(C#N)c(SCC(=O)NCc3ccccc3)nc3c2CN(C)CC3)cc1OC. The van der Waals surface area contributed by atoms with Gasteiger partial charge < -0.3 is 19.7 Å². The second-order valence-corrected chi connectivity index (χ2v) is 9.28. The van der Waals surface area contributed by atoms with E-state index in [-0.39, 0.29) is 11.7 Å². The fourth-order valence-electron chi connectivity index (χ4n) is 4.17. The van der Waals surface area contributed by atoms with Crippen LogP contribution in [0.5, 0.6) is 11.5 Å². The molecule has 1 amide bonds. The van der Waals surface area contributed by atoms with Gasteiger partial charge in [0.2, 0.25) is 5.91 Å². The van der Waals surface area contributed by atoms with Crippen LogP contribution in [0.4, 0.5) is 0 Å². The Bertz CT molecular complexity index is 1260. The van der Waals surface area contributed by atoms with E-state index >= 15 is 0 Å². The van der Waals surface area contributed by atoms with Crippen molar-refractivity contribution in [3.8, 4) is 28.7 Å².